The molecule has 0 spiro atoms. The van der Waals surface area contributed by atoms with E-state index in [-0.39, 0.29) is 6.04 Å². The Balaban J connectivity index is 2.17. The second-order valence-electron chi connectivity index (χ2n) is 4.55. The predicted octanol–water partition coefficient (Wildman–Crippen LogP) is 2.61. The van der Waals surface area contributed by atoms with E-state index in [2.05, 4.69) is 29.2 Å². The topological polar surface area (TPSA) is 51.8 Å². The zero-order valence-electron chi connectivity index (χ0n) is 9.68. The Morgan fingerprint density at radius 1 is 1.38 bits per heavy atom. The third-order valence-electron chi connectivity index (χ3n) is 2.55. The minimum atomic E-state index is 0.195. The quantitative estimate of drug-likeness (QED) is 0.886. The predicted molar refractivity (Wildman–Crippen MR) is 68.5 cm³/mol. The number of hydrogen-bond donors (Lipinski definition) is 1. The van der Waals surface area contributed by atoms with Gasteiger partial charge in [-0.3, -0.25) is 0 Å². The maximum Gasteiger partial charge on any atom is 0.116 e. The van der Waals surface area contributed by atoms with Gasteiger partial charge in [0, 0.05) is 12.5 Å². The molecule has 0 saturated heterocycles. The van der Waals surface area contributed by atoms with Gasteiger partial charge in [-0.1, -0.05) is 13.8 Å². The standard InChI is InChI=1S/C12H17N3S/c1-8(2)5-9(13)6-11-12-10(3-4-16-12)14-7-15-11/h3-4,7-9H,5-6,13H2,1-2H3. The first-order valence-electron chi connectivity index (χ1n) is 5.59. The lowest BCUT2D eigenvalue weighted by molar-refractivity contribution is 0.491. The summed E-state index contributed by atoms with van der Waals surface area (Å²) in [6.07, 6.45) is 3.51. The summed E-state index contributed by atoms with van der Waals surface area (Å²) in [4.78, 5) is 8.57. The Kier molecular flexibility index (Phi) is 3.51. The van der Waals surface area contributed by atoms with Crippen LogP contribution < -0.4 is 5.73 Å². The van der Waals surface area contributed by atoms with Crippen molar-refractivity contribution in [1.82, 2.24) is 9.97 Å². The smallest absolute Gasteiger partial charge is 0.116 e. The fourth-order valence-electron chi connectivity index (χ4n) is 1.92. The van der Waals surface area contributed by atoms with E-state index in [1.807, 2.05) is 6.07 Å². The highest BCUT2D eigenvalue weighted by Gasteiger charge is 2.11. The number of fused-ring (bicyclic) bond motifs is 1. The van der Waals surface area contributed by atoms with Crippen LogP contribution in [0.5, 0.6) is 0 Å². The molecule has 1 unspecified atom stereocenters. The van der Waals surface area contributed by atoms with Crippen molar-refractivity contribution in [1.29, 1.82) is 0 Å². The van der Waals surface area contributed by atoms with Crippen molar-refractivity contribution in [2.45, 2.75) is 32.7 Å². The zero-order valence-corrected chi connectivity index (χ0v) is 10.5. The highest BCUT2D eigenvalue weighted by Crippen LogP contribution is 2.22. The van der Waals surface area contributed by atoms with Gasteiger partial charge in [0.1, 0.15) is 6.33 Å². The molecule has 0 aliphatic rings. The Hall–Kier alpha value is -1.000. The van der Waals surface area contributed by atoms with Gasteiger partial charge in [0.05, 0.1) is 15.9 Å². The van der Waals surface area contributed by atoms with E-state index in [1.54, 1.807) is 17.7 Å². The molecule has 2 heterocycles. The largest absolute Gasteiger partial charge is 0.327 e. The molecule has 0 fully saturated rings. The van der Waals surface area contributed by atoms with Gasteiger partial charge in [0.2, 0.25) is 0 Å². The number of aromatic nitrogens is 2. The summed E-state index contributed by atoms with van der Waals surface area (Å²) in [5, 5.41) is 2.05. The summed E-state index contributed by atoms with van der Waals surface area (Å²) in [6, 6.07) is 2.22. The summed E-state index contributed by atoms with van der Waals surface area (Å²) in [5.74, 6) is 0.635. The highest BCUT2D eigenvalue weighted by molar-refractivity contribution is 7.17. The van der Waals surface area contributed by atoms with Crippen LogP contribution in [0.3, 0.4) is 0 Å². The first-order valence-corrected chi connectivity index (χ1v) is 6.47. The molecule has 4 heteroatoms. The van der Waals surface area contributed by atoms with Crippen molar-refractivity contribution in [3.8, 4) is 0 Å². The average Bonchev–Trinajstić information content (AvgIpc) is 2.65. The fourth-order valence-corrected chi connectivity index (χ4v) is 2.77. The summed E-state index contributed by atoms with van der Waals surface area (Å²) in [6.45, 7) is 4.39. The SMILES string of the molecule is CC(C)CC(N)Cc1ncnc2ccsc12. The minimum Gasteiger partial charge on any atom is -0.327 e. The van der Waals surface area contributed by atoms with Crippen LogP contribution in [0, 0.1) is 5.92 Å². The van der Waals surface area contributed by atoms with Gasteiger partial charge >= 0.3 is 0 Å². The summed E-state index contributed by atoms with van der Waals surface area (Å²) >= 11 is 1.69. The molecule has 86 valence electrons. The normalized spacial score (nSPS) is 13.5. The number of hydrogen-bond acceptors (Lipinski definition) is 4. The minimum absolute atomic E-state index is 0.195. The van der Waals surface area contributed by atoms with Gasteiger partial charge in [-0.15, -0.1) is 11.3 Å². The van der Waals surface area contributed by atoms with E-state index in [0.29, 0.717) is 5.92 Å². The summed E-state index contributed by atoms with van der Waals surface area (Å²) in [5.41, 5.74) is 8.24. The fraction of sp³-hybridized carbons (Fsp3) is 0.500. The van der Waals surface area contributed by atoms with Gasteiger partial charge < -0.3 is 5.73 Å². The Morgan fingerprint density at radius 2 is 2.19 bits per heavy atom. The van der Waals surface area contributed by atoms with Crippen LogP contribution in [0.25, 0.3) is 10.2 Å². The molecule has 0 aromatic carbocycles. The van der Waals surface area contributed by atoms with Crippen molar-refractivity contribution in [2.24, 2.45) is 11.7 Å². The second-order valence-corrected chi connectivity index (χ2v) is 5.47. The third kappa shape index (κ3) is 2.57. The first kappa shape index (κ1) is 11.5. The highest BCUT2D eigenvalue weighted by atomic mass is 32.1. The molecular weight excluding hydrogens is 218 g/mol. The van der Waals surface area contributed by atoms with Crippen molar-refractivity contribution in [2.75, 3.05) is 0 Å². The zero-order chi connectivity index (χ0) is 11.5. The van der Waals surface area contributed by atoms with Crippen molar-refractivity contribution in [3.63, 3.8) is 0 Å². The molecule has 1 atom stereocenters. The molecule has 0 amide bonds. The van der Waals surface area contributed by atoms with Crippen LogP contribution in [-0.4, -0.2) is 16.0 Å². The summed E-state index contributed by atoms with van der Waals surface area (Å²) in [7, 11) is 0. The summed E-state index contributed by atoms with van der Waals surface area (Å²) < 4.78 is 1.18. The van der Waals surface area contributed by atoms with E-state index >= 15 is 0 Å². The second kappa shape index (κ2) is 4.89. The molecule has 3 nitrogen and oxygen atoms in total. The Labute approximate surface area is 99.7 Å². The number of nitrogens with zero attached hydrogens (tertiary/aromatic N) is 2. The van der Waals surface area contributed by atoms with E-state index in [9.17, 15) is 0 Å². The van der Waals surface area contributed by atoms with Gasteiger partial charge in [0.25, 0.3) is 0 Å². The van der Waals surface area contributed by atoms with Gasteiger partial charge in [0.15, 0.2) is 0 Å². The van der Waals surface area contributed by atoms with E-state index in [1.165, 1.54) is 4.70 Å². The van der Waals surface area contributed by atoms with Crippen LogP contribution >= 0.6 is 11.3 Å². The lowest BCUT2D eigenvalue weighted by atomic mass is 10.0. The van der Waals surface area contributed by atoms with Crippen LogP contribution in [0.1, 0.15) is 26.0 Å². The van der Waals surface area contributed by atoms with Crippen molar-refractivity contribution < 1.29 is 0 Å². The molecule has 0 radical (unpaired) electrons. The lowest BCUT2D eigenvalue weighted by Crippen LogP contribution is -2.25. The molecule has 0 aliphatic heterocycles. The van der Waals surface area contributed by atoms with Crippen molar-refractivity contribution in [3.05, 3.63) is 23.5 Å². The van der Waals surface area contributed by atoms with E-state index < -0.39 is 0 Å². The lowest BCUT2D eigenvalue weighted by Gasteiger charge is -2.13. The van der Waals surface area contributed by atoms with Crippen LogP contribution in [0.2, 0.25) is 0 Å². The van der Waals surface area contributed by atoms with E-state index in [4.69, 9.17) is 5.73 Å². The van der Waals surface area contributed by atoms with Gasteiger partial charge in [-0.2, -0.15) is 0 Å². The van der Waals surface area contributed by atoms with Crippen LogP contribution in [-0.2, 0) is 6.42 Å². The number of rotatable bonds is 4. The number of thiophene rings is 1. The van der Waals surface area contributed by atoms with Crippen LogP contribution in [0.15, 0.2) is 17.8 Å². The Morgan fingerprint density at radius 3 is 2.94 bits per heavy atom. The van der Waals surface area contributed by atoms with Gasteiger partial charge in [-0.05, 0) is 23.8 Å². The average molecular weight is 235 g/mol. The van der Waals surface area contributed by atoms with Crippen LogP contribution in [0.4, 0.5) is 0 Å². The molecule has 2 aromatic rings. The Bertz CT molecular complexity index is 464. The molecule has 16 heavy (non-hydrogen) atoms. The first-order chi connectivity index (χ1) is 7.66. The third-order valence-corrected chi connectivity index (χ3v) is 3.50. The molecule has 0 aliphatic carbocycles. The number of nitrogens with two attached hydrogens (primary N) is 1. The molecule has 0 bridgehead atoms. The molecule has 2 N–H and O–H groups in total. The van der Waals surface area contributed by atoms with Crippen molar-refractivity contribution >= 4 is 21.6 Å². The van der Waals surface area contributed by atoms with Gasteiger partial charge in [-0.25, -0.2) is 9.97 Å². The molecule has 2 rings (SSSR count). The maximum atomic E-state index is 6.11. The monoisotopic (exact) mass is 235 g/mol. The molecular formula is C12H17N3S. The molecule has 2 aromatic heterocycles. The van der Waals surface area contributed by atoms with E-state index in [0.717, 1.165) is 24.1 Å². The molecule has 0 saturated carbocycles. The maximum absolute atomic E-state index is 6.11.